The van der Waals surface area contributed by atoms with Gasteiger partial charge in [-0.1, -0.05) is 95.2 Å². The molecule has 0 radical (unpaired) electrons. The summed E-state index contributed by atoms with van der Waals surface area (Å²) in [5.41, 5.74) is 6.14. The first-order valence-electron chi connectivity index (χ1n) is 29.0. The third-order valence-corrected chi connectivity index (χ3v) is 14.7. The van der Waals surface area contributed by atoms with Crippen LogP contribution in [0, 0.1) is 35.5 Å². The molecule has 1 unspecified atom stereocenters. The molecule has 23 heteroatoms. The summed E-state index contributed by atoms with van der Waals surface area (Å²) < 4.78 is 11.3. The van der Waals surface area contributed by atoms with E-state index in [0.717, 1.165) is 4.90 Å². The van der Waals surface area contributed by atoms with Gasteiger partial charge in [-0.3, -0.25) is 47.9 Å². The van der Waals surface area contributed by atoms with E-state index < -0.39 is 132 Å². The van der Waals surface area contributed by atoms with Crippen LogP contribution in [0.4, 0.5) is 0 Å². The van der Waals surface area contributed by atoms with Crippen LogP contribution in [0.15, 0.2) is 12.2 Å². The fourth-order valence-electron chi connectivity index (χ4n) is 9.38. The van der Waals surface area contributed by atoms with Crippen LogP contribution in [0.1, 0.15) is 150 Å². The lowest BCUT2D eigenvalue weighted by Gasteiger charge is -2.42. The SMILES string of the molecule is C/C=C/C[C@@H](C)[C@@H](OC(C)=O)C(C(=O)N[C@@H](CC)C(=O)OCCN(C)C(C)=O)N(C)C(=O)[C@H](C(C)C)N(C)C(=O)[C@H](CC(C)C)N(C)C(=O)[C@H](CC(C)C)N(C)C(=O)[C@@H](C)NC(=O)[C@H](C)NC(=O)[C@H](CC(C)C)N(C)C(=O)[C@@H](N)C(C)C. The van der Waals surface area contributed by atoms with E-state index in [2.05, 4.69) is 16.0 Å². The second-order valence-corrected chi connectivity index (χ2v) is 24.0. The van der Waals surface area contributed by atoms with Gasteiger partial charge in [-0.2, -0.15) is 0 Å². The van der Waals surface area contributed by atoms with Gasteiger partial charge in [0.05, 0.1) is 12.6 Å². The number of ether oxygens (including phenoxy) is 2. The third kappa shape index (κ3) is 23.3. The molecule has 0 aromatic carbocycles. The number of allylic oxidation sites excluding steroid dienone is 2. The molecule has 470 valence electrons. The highest BCUT2D eigenvalue weighted by Crippen LogP contribution is 2.26. The minimum Gasteiger partial charge on any atom is -0.462 e. The molecule has 82 heavy (non-hydrogen) atoms. The number of nitrogens with two attached hydrogens (primary N) is 1. The standard InChI is InChI=1S/C59H106N10O13/c1-24-26-27-38(13)50(82-42(17)71)49(53(74)63-43(25-2)59(80)81-29-28-64(18)41(16)70)69(23)58(79)48(37(11)12)68(22)56(77)46(32-35(7)8)67(21)55(76)45(31-34(5)6)66(20)54(75)40(15)62-51(72)39(14)61-52(73)44(30-33(3)4)65(19)57(78)47(60)36(9)10/h24,26,33-40,43-50H,25,27-32,60H2,1-23H3,(H,61,73)(H,62,72)(H,63,74)/b26-24+/t38-,39+,40-,43+,44+,45+,46+,47+,48+,49?,50-/m1/s1. The summed E-state index contributed by atoms with van der Waals surface area (Å²) >= 11 is 0. The predicted molar refractivity (Wildman–Crippen MR) is 315 cm³/mol. The number of amides is 9. The van der Waals surface area contributed by atoms with Gasteiger partial charge in [0.2, 0.25) is 53.2 Å². The van der Waals surface area contributed by atoms with Crippen molar-refractivity contribution < 1.29 is 62.2 Å². The van der Waals surface area contributed by atoms with Crippen molar-refractivity contribution in [2.75, 3.05) is 55.4 Å². The molecule has 0 aliphatic carbocycles. The molecule has 0 saturated carbocycles. The van der Waals surface area contributed by atoms with Crippen LogP contribution < -0.4 is 21.7 Å². The van der Waals surface area contributed by atoms with Crippen LogP contribution in [0.2, 0.25) is 0 Å². The lowest BCUT2D eigenvalue weighted by molar-refractivity contribution is -0.164. The van der Waals surface area contributed by atoms with Crippen molar-refractivity contribution in [3.05, 3.63) is 12.2 Å². The Hall–Kier alpha value is -6.13. The minimum absolute atomic E-state index is 0.00475. The van der Waals surface area contributed by atoms with E-state index in [1.54, 1.807) is 61.6 Å². The summed E-state index contributed by atoms with van der Waals surface area (Å²) in [5.74, 6) is -8.45. The van der Waals surface area contributed by atoms with Crippen molar-refractivity contribution in [3.63, 3.8) is 0 Å². The second-order valence-electron chi connectivity index (χ2n) is 24.0. The Kier molecular flexibility index (Phi) is 33.1. The van der Waals surface area contributed by atoms with Gasteiger partial charge in [-0.25, -0.2) is 4.79 Å². The molecular formula is C59H106N10O13. The second kappa shape index (κ2) is 35.8. The quantitative estimate of drug-likeness (QED) is 0.0531. The summed E-state index contributed by atoms with van der Waals surface area (Å²) in [6.07, 6.45) is 3.36. The van der Waals surface area contributed by atoms with Crippen LogP contribution in [0.3, 0.4) is 0 Å². The molecule has 0 heterocycles. The molecule has 0 saturated heterocycles. The van der Waals surface area contributed by atoms with E-state index in [1.165, 1.54) is 87.4 Å². The van der Waals surface area contributed by atoms with Gasteiger partial charge in [0.25, 0.3) is 0 Å². The Labute approximate surface area is 490 Å². The van der Waals surface area contributed by atoms with Crippen molar-refractivity contribution in [2.24, 2.45) is 41.2 Å². The first-order valence-corrected chi connectivity index (χ1v) is 29.0. The smallest absolute Gasteiger partial charge is 0.328 e. The topological polar surface area (TPSA) is 288 Å². The molecule has 0 fully saturated rings. The average Bonchev–Trinajstić information content (AvgIpc) is 3.46. The lowest BCUT2D eigenvalue weighted by atomic mass is 9.91. The van der Waals surface area contributed by atoms with Crippen LogP contribution in [-0.2, 0) is 62.2 Å². The monoisotopic (exact) mass is 1160 g/mol. The maximum absolute atomic E-state index is 15.2. The Balaban J connectivity index is 7.15. The highest BCUT2D eigenvalue weighted by Gasteiger charge is 2.46. The van der Waals surface area contributed by atoms with E-state index in [1.807, 2.05) is 47.6 Å². The first-order chi connectivity index (χ1) is 37.8. The van der Waals surface area contributed by atoms with E-state index in [-0.39, 0.29) is 62.0 Å². The van der Waals surface area contributed by atoms with E-state index in [0.29, 0.717) is 12.8 Å². The van der Waals surface area contributed by atoms with Gasteiger partial charge in [-0.15, -0.1) is 0 Å². The van der Waals surface area contributed by atoms with Crippen molar-refractivity contribution in [1.29, 1.82) is 0 Å². The van der Waals surface area contributed by atoms with Crippen molar-refractivity contribution >= 4 is 65.1 Å². The molecule has 0 aliphatic rings. The minimum atomic E-state index is -1.54. The molecule has 11 atom stereocenters. The van der Waals surface area contributed by atoms with Gasteiger partial charge < -0.3 is 60.6 Å². The molecular weight excluding hydrogens is 1060 g/mol. The molecule has 23 nitrogen and oxygen atoms in total. The third-order valence-electron chi connectivity index (χ3n) is 14.7. The van der Waals surface area contributed by atoms with Crippen LogP contribution in [0.5, 0.6) is 0 Å². The van der Waals surface area contributed by atoms with Crippen molar-refractivity contribution in [1.82, 2.24) is 45.3 Å². The summed E-state index contributed by atoms with van der Waals surface area (Å²) in [6.45, 7) is 28.9. The molecule has 0 aromatic heterocycles. The zero-order valence-corrected chi connectivity index (χ0v) is 53.9. The number of carbonyl (C=O) groups is 11. The number of carbonyl (C=O) groups excluding carboxylic acids is 11. The molecule has 9 amide bonds. The molecule has 0 aromatic rings. The van der Waals surface area contributed by atoms with E-state index in [9.17, 15) is 43.2 Å². The van der Waals surface area contributed by atoms with Crippen LogP contribution in [0.25, 0.3) is 0 Å². The molecule has 5 N–H and O–H groups in total. The number of hydrogen-bond acceptors (Lipinski definition) is 14. The van der Waals surface area contributed by atoms with Gasteiger partial charge in [0.15, 0.2) is 0 Å². The molecule has 0 spiro atoms. The highest BCUT2D eigenvalue weighted by molar-refractivity contribution is 5.98. The van der Waals surface area contributed by atoms with Gasteiger partial charge in [-0.05, 0) is 88.4 Å². The Morgan fingerprint density at radius 1 is 0.524 bits per heavy atom. The molecule has 0 rings (SSSR count). The van der Waals surface area contributed by atoms with E-state index >= 15 is 9.59 Å². The lowest BCUT2D eigenvalue weighted by Crippen LogP contribution is -2.63. The fraction of sp³-hybridized carbons (Fsp3) is 0.780. The number of nitrogens with zero attached hydrogens (tertiary/aromatic N) is 6. The van der Waals surface area contributed by atoms with Crippen molar-refractivity contribution in [3.8, 4) is 0 Å². The molecule has 0 aliphatic heterocycles. The maximum Gasteiger partial charge on any atom is 0.328 e. The number of esters is 2. The van der Waals surface area contributed by atoms with Crippen LogP contribution in [-0.4, -0.2) is 210 Å². The highest BCUT2D eigenvalue weighted by atomic mass is 16.5. The fourth-order valence-corrected chi connectivity index (χ4v) is 9.38. The Morgan fingerprint density at radius 2 is 0.976 bits per heavy atom. The van der Waals surface area contributed by atoms with E-state index in [4.69, 9.17) is 15.2 Å². The first kappa shape index (κ1) is 75.9. The number of hydrogen-bond donors (Lipinski definition) is 4. The number of likely N-dealkylation sites (N-methyl/N-ethyl adjacent to an activating group) is 6. The Morgan fingerprint density at radius 3 is 1.41 bits per heavy atom. The largest absolute Gasteiger partial charge is 0.462 e. The maximum atomic E-state index is 15.2. The Bertz CT molecular complexity index is 2190. The zero-order chi connectivity index (χ0) is 64.0. The van der Waals surface area contributed by atoms with Gasteiger partial charge in [0.1, 0.15) is 61.0 Å². The summed E-state index contributed by atoms with van der Waals surface area (Å²) in [7, 11) is 8.74. The van der Waals surface area contributed by atoms with Crippen LogP contribution >= 0.6 is 0 Å². The summed E-state index contributed by atoms with van der Waals surface area (Å²) in [6, 6.07) is -10.4. The predicted octanol–water partition coefficient (Wildman–Crippen LogP) is 3.36. The zero-order valence-electron chi connectivity index (χ0n) is 53.9. The number of rotatable bonds is 34. The average molecular weight is 1160 g/mol. The molecule has 0 bridgehead atoms. The van der Waals surface area contributed by atoms with Crippen molar-refractivity contribution in [2.45, 2.75) is 210 Å². The van der Waals surface area contributed by atoms with Gasteiger partial charge >= 0.3 is 11.9 Å². The normalized spacial score (nSPS) is 15.7. The summed E-state index contributed by atoms with van der Waals surface area (Å²) in [4.78, 5) is 160. The summed E-state index contributed by atoms with van der Waals surface area (Å²) in [5, 5.41) is 8.04. The number of nitrogens with one attached hydrogen (secondary N) is 3. The van der Waals surface area contributed by atoms with Gasteiger partial charge in [0, 0.05) is 56.1 Å².